The fourth-order valence-corrected chi connectivity index (χ4v) is 2.59. The first-order chi connectivity index (χ1) is 12.2. The van der Waals surface area contributed by atoms with Crippen LogP contribution in [0, 0.1) is 10.1 Å². The van der Waals surface area contributed by atoms with Crippen LogP contribution in [0.15, 0.2) is 28.8 Å². The van der Waals surface area contributed by atoms with Gasteiger partial charge in [-0.3, -0.25) is 14.9 Å². The van der Waals surface area contributed by atoms with E-state index in [0.717, 1.165) is 4.90 Å². The molecule has 2 heterocycles. The zero-order valence-electron chi connectivity index (χ0n) is 14.5. The van der Waals surface area contributed by atoms with Gasteiger partial charge in [-0.2, -0.15) is 0 Å². The van der Waals surface area contributed by atoms with Crippen molar-refractivity contribution in [2.45, 2.75) is 32.8 Å². The molecule has 9 heteroatoms. The molecule has 0 saturated heterocycles. The number of fused-ring (bicyclic) bond motifs is 1. The van der Waals surface area contributed by atoms with Crippen molar-refractivity contribution >= 4 is 17.7 Å². The van der Waals surface area contributed by atoms with Gasteiger partial charge >= 0.3 is 6.09 Å². The number of benzene rings is 1. The van der Waals surface area contributed by atoms with E-state index in [1.807, 2.05) is 0 Å². The summed E-state index contributed by atoms with van der Waals surface area (Å²) in [5, 5.41) is 14.7. The lowest BCUT2D eigenvalue weighted by Crippen LogP contribution is -2.44. The van der Waals surface area contributed by atoms with Crippen LogP contribution in [0.3, 0.4) is 0 Å². The van der Waals surface area contributed by atoms with Gasteiger partial charge < -0.3 is 9.26 Å². The second-order valence-corrected chi connectivity index (χ2v) is 6.82. The second kappa shape index (κ2) is 6.25. The Morgan fingerprint density at radius 1 is 1.31 bits per heavy atom. The van der Waals surface area contributed by atoms with Crippen LogP contribution in [-0.2, 0) is 11.2 Å². The molecule has 9 nitrogen and oxygen atoms in total. The Morgan fingerprint density at radius 3 is 2.54 bits per heavy atom. The van der Waals surface area contributed by atoms with Gasteiger partial charge in [-0.1, -0.05) is 5.16 Å². The van der Waals surface area contributed by atoms with Gasteiger partial charge in [0.25, 0.3) is 11.6 Å². The van der Waals surface area contributed by atoms with Crippen molar-refractivity contribution in [2.24, 2.45) is 0 Å². The zero-order valence-corrected chi connectivity index (χ0v) is 14.5. The number of hydrogen-bond acceptors (Lipinski definition) is 7. The molecular weight excluding hydrogens is 342 g/mol. The largest absolute Gasteiger partial charge is 0.443 e. The molecule has 136 valence electrons. The molecule has 1 aromatic heterocycles. The number of carbonyl (C=O) groups excluding carboxylic acids is 2. The van der Waals surface area contributed by atoms with Crippen molar-refractivity contribution in [2.75, 3.05) is 6.54 Å². The van der Waals surface area contributed by atoms with Gasteiger partial charge in [0.1, 0.15) is 16.9 Å². The molecule has 1 aromatic carbocycles. The number of imide groups is 1. The van der Waals surface area contributed by atoms with Gasteiger partial charge in [0.15, 0.2) is 5.76 Å². The molecule has 0 atom stereocenters. The van der Waals surface area contributed by atoms with Crippen LogP contribution in [0.2, 0.25) is 0 Å². The quantitative estimate of drug-likeness (QED) is 0.597. The maximum absolute atomic E-state index is 12.8. The maximum atomic E-state index is 12.8. The van der Waals surface area contributed by atoms with E-state index in [1.165, 1.54) is 24.3 Å². The number of nitro benzene ring substituents is 1. The molecule has 2 amide bonds. The van der Waals surface area contributed by atoms with Crippen LogP contribution in [0.1, 0.15) is 36.9 Å². The van der Waals surface area contributed by atoms with E-state index < -0.39 is 22.5 Å². The number of non-ortho nitro benzene ring substituents is 1. The Balaban J connectivity index is 1.93. The summed E-state index contributed by atoms with van der Waals surface area (Å²) in [6.45, 7) is 5.28. The Kier molecular flexibility index (Phi) is 4.23. The van der Waals surface area contributed by atoms with Crippen LogP contribution in [0.4, 0.5) is 10.5 Å². The Labute approximate surface area is 148 Å². The third-order valence-corrected chi connectivity index (χ3v) is 3.75. The van der Waals surface area contributed by atoms with Gasteiger partial charge in [-0.15, -0.1) is 0 Å². The summed E-state index contributed by atoms with van der Waals surface area (Å²) < 4.78 is 10.5. The van der Waals surface area contributed by atoms with Crippen molar-refractivity contribution < 1.29 is 23.8 Å². The summed E-state index contributed by atoms with van der Waals surface area (Å²) in [6.07, 6.45) is -0.413. The SMILES string of the molecule is CC(C)(C)OC(=O)N1CCc2onc(-c3ccc([N+](=O)[O-])cc3)c2C1=O. The van der Waals surface area contributed by atoms with Gasteiger partial charge in [-0.05, 0) is 32.9 Å². The highest BCUT2D eigenvalue weighted by Crippen LogP contribution is 2.31. The van der Waals surface area contributed by atoms with E-state index >= 15 is 0 Å². The molecule has 1 aliphatic rings. The summed E-state index contributed by atoms with van der Waals surface area (Å²) in [5.41, 5.74) is 0.102. The smallest absolute Gasteiger partial charge is 0.417 e. The number of rotatable bonds is 2. The van der Waals surface area contributed by atoms with E-state index in [9.17, 15) is 19.7 Å². The number of amides is 2. The number of nitro groups is 1. The molecular formula is C17H17N3O6. The Bertz CT molecular complexity index is 879. The lowest BCUT2D eigenvalue weighted by atomic mass is 10.0. The third-order valence-electron chi connectivity index (χ3n) is 3.75. The number of hydrogen-bond donors (Lipinski definition) is 0. The van der Waals surface area contributed by atoms with Crippen LogP contribution in [0.5, 0.6) is 0 Å². The minimum Gasteiger partial charge on any atom is -0.443 e. The molecule has 0 saturated carbocycles. The standard InChI is InChI=1S/C17H17N3O6/c1-17(2,3)25-16(22)19-9-8-12-13(15(19)21)14(18-26-12)10-4-6-11(7-5-10)20(23)24/h4-7H,8-9H2,1-3H3. The first-order valence-electron chi connectivity index (χ1n) is 7.95. The molecule has 0 aliphatic carbocycles. The first kappa shape index (κ1) is 17.6. The minimum atomic E-state index is -0.732. The van der Waals surface area contributed by atoms with E-state index in [1.54, 1.807) is 20.8 Å². The van der Waals surface area contributed by atoms with Crippen molar-refractivity contribution in [3.05, 3.63) is 45.7 Å². The number of aromatic nitrogens is 1. The normalized spacial score (nSPS) is 14.1. The van der Waals surface area contributed by atoms with Gasteiger partial charge in [0.05, 0.1) is 4.92 Å². The van der Waals surface area contributed by atoms with Gasteiger partial charge in [-0.25, -0.2) is 9.69 Å². The fourth-order valence-electron chi connectivity index (χ4n) is 2.59. The third kappa shape index (κ3) is 3.28. The number of carbonyl (C=O) groups is 2. The summed E-state index contributed by atoms with van der Waals surface area (Å²) in [6, 6.07) is 5.59. The predicted octanol–water partition coefficient (Wildman–Crippen LogP) is 3.18. The number of nitrogens with zero attached hydrogens (tertiary/aromatic N) is 3. The highest BCUT2D eigenvalue weighted by Gasteiger charge is 2.37. The molecule has 0 fully saturated rings. The fraction of sp³-hybridized carbons (Fsp3) is 0.353. The average Bonchev–Trinajstić information content (AvgIpc) is 2.98. The summed E-state index contributed by atoms with van der Waals surface area (Å²) >= 11 is 0. The average molecular weight is 359 g/mol. The van der Waals surface area contributed by atoms with Gasteiger partial charge in [0.2, 0.25) is 0 Å². The van der Waals surface area contributed by atoms with Crippen molar-refractivity contribution in [1.82, 2.24) is 10.1 Å². The second-order valence-electron chi connectivity index (χ2n) is 6.82. The molecule has 0 spiro atoms. The highest BCUT2D eigenvalue weighted by atomic mass is 16.6. The van der Waals surface area contributed by atoms with Crippen molar-refractivity contribution in [3.63, 3.8) is 0 Å². The topological polar surface area (TPSA) is 116 Å². The molecule has 1 aliphatic heterocycles. The van der Waals surface area contributed by atoms with E-state index in [4.69, 9.17) is 9.26 Å². The van der Waals surface area contributed by atoms with Crippen molar-refractivity contribution in [1.29, 1.82) is 0 Å². The Morgan fingerprint density at radius 2 is 1.96 bits per heavy atom. The zero-order chi connectivity index (χ0) is 19.1. The van der Waals surface area contributed by atoms with E-state index in [0.29, 0.717) is 17.7 Å². The molecule has 3 rings (SSSR count). The summed E-state index contributed by atoms with van der Waals surface area (Å²) in [7, 11) is 0. The monoisotopic (exact) mass is 359 g/mol. The van der Waals surface area contributed by atoms with E-state index in [-0.39, 0.29) is 23.5 Å². The highest BCUT2D eigenvalue weighted by molar-refractivity contribution is 6.08. The Hall–Kier alpha value is -3.23. The van der Waals surface area contributed by atoms with Crippen LogP contribution in [0.25, 0.3) is 11.3 Å². The van der Waals surface area contributed by atoms with Crippen LogP contribution < -0.4 is 0 Å². The van der Waals surface area contributed by atoms with E-state index in [2.05, 4.69) is 5.16 Å². The molecule has 26 heavy (non-hydrogen) atoms. The number of ether oxygens (including phenoxy) is 1. The first-order valence-corrected chi connectivity index (χ1v) is 7.95. The molecule has 0 unspecified atom stereocenters. The van der Waals surface area contributed by atoms with Crippen LogP contribution >= 0.6 is 0 Å². The predicted molar refractivity (Wildman–Crippen MR) is 89.6 cm³/mol. The maximum Gasteiger partial charge on any atom is 0.417 e. The lowest BCUT2D eigenvalue weighted by Gasteiger charge is -2.28. The summed E-state index contributed by atoms with van der Waals surface area (Å²) in [5.74, 6) is -0.182. The molecule has 2 aromatic rings. The molecule has 0 radical (unpaired) electrons. The minimum absolute atomic E-state index is 0.0761. The molecule has 0 bridgehead atoms. The molecule has 0 N–H and O–H groups in total. The van der Waals surface area contributed by atoms with Gasteiger partial charge in [0, 0.05) is 30.7 Å². The van der Waals surface area contributed by atoms with Crippen molar-refractivity contribution in [3.8, 4) is 11.3 Å². The lowest BCUT2D eigenvalue weighted by molar-refractivity contribution is -0.384. The summed E-state index contributed by atoms with van der Waals surface area (Å²) in [4.78, 5) is 36.3. The van der Waals surface area contributed by atoms with Crippen LogP contribution in [-0.4, -0.2) is 39.1 Å².